The zero-order chi connectivity index (χ0) is 9.97. The minimum Gasteiger partial charge on any atom is -0.403 e. The molecule has 2 rings (SSSR count). The van der Waals surface area contributed by atoms with E-state index in [1.807, 2.05) is 30.3 Å². The van der Waals surface area contributed by atoms with Gasteiger partial charge in [0.25, 0.3) is 0 Å². The first-order valence-electron chi connectivity index (χ1n) is 4.09. The van der Waals surface area contributed by atoms with Gasteiger partial charge in [-0.15, -0.1) is 0 Å². The van der Waals surface area contributed by atoms with Gasteiger partial charge in [-0.05, 0) is 12.1 Å². The number of hydrogen-bond donors (Lipinski definition) is 1. The molecule has 0 aliphatic carbocycles. The van der Waals surface area contributed by atoms with Crippen LogP contribution < -0.4 is 5.73 Å². The van der Waals surface area contributed by atoms with Crippen molar-refractivity contribution in [3.63, 3.8) is 0 Å². The third-order valence-corrected chi connectivity index (χ3v) is 1.80. The Labute approximate surface area is 80.7 Å². The van der Waals surface area contributed by atoms with Gasteiger partial charge in [-0.25, -0.2) is 9.79 Å². The Balaban J connectivity index is 2.36. The van der Waals surface area contributed by atoms with Crippen molar-refractivity contribution in [3.8, 4) is 0 Å². The average molecular weight is 188 g/mol. The lowest BCUT2D eigenvalue weighted by Gasteiger charge is -1.96. The number of rotatable bonds is 1. The maximum Gasteiger partial charge on any atom is 0.365 e. The summed E-state index contributed by atoms with van der Waals surface area (Å²) in [5, 5.41) is 0. The van der Waals surface area contributed by atoms with Crippen LogP contribution in [0.25, 0.3) is 0 Å². The molecule has 2 N–H and O–H groups in total. The van der Waals surface area contributed by atoms with Crippen molar-refractivity contribution < 1.29 is 9.53 Å². The third-order valence-electron chi connectivity index (χ3n) is 1.80. The lowest BCUT2D eigenvalue weighted by Crippen LogP contribution is -2.05. The number of aliphatic imine (C=N–C) groups is 1. The van der Waals surface area contributed by atoms with Crippen molar-refractivity contribution in [2.75, 3.05) is 0 Å². The van der Waals surface area contributed by atoms with Gasteiger partial charge in [0.05, 0.1) is 0 Å². The van der Waals surface area contributed by atoms with Gasteiger partial charge in [0, 0.05) is 11.8 Å². The first-order chi connectivity index (χ1) is 6.81. The molecular formula is C10H8N2O2. The number of hydrogen-bond acceptors (Lipinski definition) is 4. The number of esters is 1. The molecule has 0 spiro atoms. The predicted molar refractivity (Wildman–Crippen MR) is 51.3 cm³/mol. The van der Waals surface area contributed by atoms with Crippen molar-refractivity contribution in [3.05, 3.63) is 47.8 Å². The van der Waals surface area contributed by atoms with Gasteiger partial charge >= 0.3 is 5.97 Å². The molecule has 1 aromatic rings. The molecule has 0 saturated heterocycles. The molecule has 70 valence electrons. The molecule has 0 saturated carbocycles. The average Bonchev–Trinajstić information content (AvgIpc) is 2.61. The molecule has 1 aliphatic rings. The van der Waals surface area contributed by atoms with Crippen LogP contribution in [0.1, 0.15) is 5.56 Å². The van der Waals surface area contributed by atoms with Crippen molar-refractivity contribution in [1.29, 1.82) is 0 Å². The van der Waals surface area contributed by atoms with Crippen molar-refractivity contribution in [2.24, 2.45) is 10.7 Å². The Kier molecular flexibility index (Phi) is 2.02. The Morgan fingerprint density at radius 2 is 2.00 bits per heavy atom. The highest BCUT2D eigenvalue weighted by Crippen LogP contribution is 2.14. The molecule has 1 aliphatic heterocycles. The summed E-state index contributed by atoms with van der Waals surface area (Å²) in [4.78, 5) is 15.0. The highest BCUT2D eigenvalue weighted by Gasteiger charge is 2.23. The lowest BCUT2D eigenvalue weighted by atomic mass is 10.2. The van der Waals surface area contributed by atoms with Crippen molar-refractivity contribution in [1.82, 2.24) is 0 Å². The van der Waals surface area contributed by atoms with E-state index in [-0.39, 0.29) is 5.70 Å². The van der Waals surface area contributed by atoms with E-state index in [4.69, 9.17) is 10.5 Å². The number of benzene rings is 1. The molecule has 0 fully saturated rings. The van der Waals surface area contributed by atoms with Crippen LogP contribution >= 0.6 is 0 Å². The van der Waals surface area contributed by atoms with Gasteiger partial charge in [0.1, 0.15) is 0 Å². The van der Waals surface area contributed by atoms with Crippen LogP contribution in [0.2, 0.25) is 0 Å². The van der Waals surface area contributed by atoms with Crippen LogP contribution in [0.4, 0.5) is 0 Å². The molecule has 0 bridgehead atoms. The predicted octanol–water partition coefficient (Wildman–Crippen LogP) is 0.790. The second kappa shape index (κ2) is 3.33. The summed E-state index contributed by atoms with van der Waals surface area (Å²) in [5.74, 6) is -0.210. The van der Waals surface area contributed by atoms with Gasteiger partial charge < -0.3 is 10.5 Å². The number of ether oxygens (including phenoxy) is 1. The molecule has 14 heavy (non-hydrogen) atoms. The number of cyclic esters (lactones) is 1. The SMILES string of the molecule is N/C=C1/N=C(c2ccccc2)OC1=O. The maximum absolute atomic E-state index is 11.1. The molecule has 0 amide bonds. The highest BCUT2D eigenvalue weighted by atomic mass is 16.6. The molecule has 1 heterocycles. The summed E-state index contributed by atoms with van der Waals surface area (Å²) in [6, 6.07) is 9.18. The van der Waals surface area contributed by atoms with Crippen molar-refractivity contribution >= 4 is 11.9 Å². The largest absolute Gasteiger partial charge is 0.403 e. The molecule has 0 aromatic heterocycles. The topological polar surface area (TPSA) is 64.7 Å². The number of nitrogens with zero attached hydrogens (tertiary/aromatic N) is 1. The Bertz CT molecular complexity index is 421. The third kappa shape index (κ3) is 1.37. The van der Waals surface area contributed by atoms with Crippen LogP contribution in [0.3, 0.4) is 0 Å². The molecule has 4 heteroatoms. The standard InChI is InChI=1S/C10H8N2O2/c11-6-8-10(13)14-9(12-8)7-4-2-1-3-5-7/h1-6H,11H2/b8-6+. The first kappa shape index (κ1) is 8.50. The highest BCUT2D eigenvalue weighted by molar-refractivity contribution is 6.10. The van der Waals surface area contributed by atoms with Crippen LogP contribution in [-0.2, 0) is 9.53 Å². The van der Waals surface area contributed by atoms with E-state index in [1.54, 1.807) is 0 Å². The number of carbonyl (C=O) groups is 1. The van der Waals surface area contributed by atoms with Gasteiger partial charge in [0.15, 0.2) is 5.70 Å². The Hall–Kier alpha value is -2.10. The van der Waals surface area contributed by atoms with Gasteiger partial charge in [-0.1, -0.05) is 18.2 Å². The summed E-state index contributed by atoms with van der Waals surface area (Å²) in [6.45, 7) is 0. The monoisotopic (exact) mass is 188 g/mol. The summed E-state index contributed by atoms with van der Waals surface area (Å²) in [7, 11) is 0. The van der Waals surface area contributed by atoms with E-state index in [9.17, 15) is 4.79 Å². The van der Waals surface area contributed by atoms with Crippen molar-refractivity contribution in [2.45, 2.75) is 0 Å². The maximum atomic E-state index is 11.1. The molecule has 0 radical (unpaired) electrons. The fourth-order valence-corrected chi connectivity index (χ4v) is 1.13. The summed E-state index contributed by atoms with van der Waals surface area (Å²) in [6.07, 6.45) is 1.14. The van der Waals surface area contributed by atoms with E-state index < -0.39 is 5.97 Å². The number of nitrogens with two attached hydrogens (primary N) is 1. The number of carbonyl (C=O) groups excluding carboxylic acids is 1. The van der Waals surface area contributed by atoms with Gasteiger partial charge in [-0.3, -0.25) is 0 Å². The van der Waals surface area contributed by atoms with Gasteiger partial charge in [-0.2, -0.15) is 0 Å². The van der Waals surface area contributed by atoms with Crippen LogP contribution in [0, 0.1) is 0 Å². The molecular weight excluding hydrogens is 180 g/mol. The smallest absolute Gasteiger partial charge is 0.365 e. The van der Waals surface area contributed by atoms with E-state index >= 15 is 0 Å². The lowest BCUT2D eigenvalue weighted by molar-refractivity contribution is -0.130. The van der Waals surface area contributed by atoms with Crippen LogP contribution in [0.15, 0.2) is 47.2 Å². The fourth-order valence-electron chi connectivity index (χ4n) is 1.13. The van der Waals surface area contributed by atoms with E-state index in [1.165, 1.54) is 0 Å². The van der Waals surface area contributed by atoms with E-state index in [0.717, 1.165) is 11.8 Å². The summed E-state index contributed by atoms with van der Waals surface area (Å²) in [5.41, 5.74) is 6.10. The molecule has 0 atom stereocenters. The molecule has 4 nitrogen and oxygen atoms in total. The van der Waals surface area contributed by atoms with Crippen LogP contribution in [0.5, 0.6) is 0 Å². The normalized spacial score (nSPS) is 18.1. The summed E-state index contributed by atoms with van der Waals surface area (Å²) >= 11 is 0. The first-order valence-corrected chi connectivity index (χ1v) is 4.09. The van der Waals surface area contributed by atoms with E-state index in [0.29, 0.717) is 5.90 Å². The van der Waals surface area contributed by atoms with Gasteiger partial charge in [0.2, 0.25) is 5.90 Å². The van der Waals surface area contributed by atoms with Crippen LogP contribution in [-0.4, -0.2) is 11.9 Å². The molecule has 1 aromatic carbocycles. The summed E-state index contributed by atoms with van der Waals surface area (Å²) < 4.78 is 4.91. The molecule has 0 unspecified atom stereocenters. The minimum atomic E-state index is -0.508. The fraction of sp³-hybridized carbons (Fsp3) is 0. The minimum absolute atomic E-state index is 0.142. The Morgan fingerprint density at radius 1 is 1.29 bits per heavy atom. The zero-order valence-electron chi connectivity index (χ0n) is 7.31. The quantitative estimate of drug-likeness (QED) is 0.523. The zero-order valence-corrected chi connectivity index (χ0v) is 7.31. The Morgan fingerprint density at radius 3 is 2.57 bits per heavy atom. The second-order valence-corrected chi connectivity index (χ2v) is 2.72. The van der Waals surface area contributed by atoms with E-state index in [2.05, 4.69) is 4.99 Å². The second-order valence-electron chi connectivity index (χ2n) is 2.72.